The summed E-state index contributed by atoms with van der Waals surface area (Å²) in [5, 5.41) is 0.877. The van der Waals surface area contributed by atoms with Gasteiger partial charge in [-0.3, -0.25) is 4.79 Å². The largest absolute Gasteiger partial charge is 0.497 e. The number of carbonyl (C=O) groups is 1. The number of ether oxygens (including phenoxy) is 2. The Morgan fingerprint density at radius 2 is 1.93 bits per heavy atom. The molecule has 0 bridgehead atoms. The maximum atomic E-state index is 12.8. The van der Waals surface area contributed by atoms with Gasteiger partial charge in [0.2, 0.25) is 0 Å². The van der Waals surface area contributed by atoms with E-state index in [1.807, 2.05) is 38.1 Å². The Labute approximate surface area is 175 Å². The summed E-state index contributed by atoms with van der Waals surface area (Å²) in [4.78, 5) is 26.5. The van der Waals surface area contributed by atoms with E-state index in [2.05, 4.69) is 0 Å². The summed E-state index contributed by atoms with van der Waals surface area (Å²) >= 11 is 0. The van der Waals surface area contributed by atoms with Crippen LogP contribution in [0.3, 0.4) is 0 Å². The second kappa shape index (κ2) is 8.22. The van der Waals surface area contributed by atoms with Gasteiger partial charge in [-0.15, -0.1) is 0 Å². The predicted octanol–water partition coefficient (Wildman–Crippen LogP) is 4.28. The monoisotopic (exact) mass is 407 g/mol. The number of benzene rings is 2. The predicted molar refractivity (Wildman–Crippen MR) is 116 cm³/mol. The van der Waals surface area contributed by atoms with Crippen LogP contribution in [0.5, 0.6) is 11.5 Å². The number of hydrogen-bond acceptors (Lipinski definition) is 5. The molecule has 0 spiro atoms. The third kappa shape index (κ3) is 3.90. The lowest BCUT2D eigenvalue weighted by Gasteiger charge is -2.29. The van der Waals surface area contributed by atoms with Gasteiger partial charge in [-0.1, -0.05) is 13.8 Å². The van der Waals surface area contributed by atoms with Crippen LogP contribution in [-0.4, -0.2) is 26.2 Å². The Bertz CT molecular complexity index is 1150. The normalized spacial score (nSPS) is 13.4. The molecule has 0 saturated heterocycles. The quantitative estimate of drug-likeness (QED) is 0.591. The van der Waals surface area contributed by atoms with Gasteiger partial charge in [-0.2, -0.15) is 0 Å². The van der Waals surface area contributed by atoms with Crippen molar-refractivity contribution in [1.82, 2.24) is 0 Å². The number of nitrogens with zero attached hydrogens (tertiary/aromatic N) is 1. The van der Waals surface area contributed by atoms with Crippen LogP contribution in [0.2, 0.25) is 0 Å². The highest BCUT2D eigenvalue weighted by Crippen LogP contribution is 2.31. The second-order valence-corrected chi connectivity index (χ2v) is 7.77. The summed E-state index contributed by atoms with van der Waals surface area (Å²) in [6.45, 7) is 4.63. The summed E-state index contributed by atoms with van der Waals surface area (Å²) in [6, 6.07) is 12.6. The third-order valence-corrected chi connectivity index (χ3v) is 5.44. The highest BCUT2D eigenvalue weighted by molar-refractivity contribution is 5.95. The Morgan fingerprint density at radius 1 is 1.13 bits per heavy atom. The number of anilines is 1. The minimum Gasteiger partial charge on any atom is -0.497 e. The van der Waals surface area contributed by atoms with Crippen LogP contribution in [-0.2, 0) is 11.2 Å². The fourth-order valence-corrected chi connectivity index (χ4v) is 3.92. The van der Waals surface area contributed by atoms with Crippen molar-refractivity contribution in [3.63, 3.8) is 0 Å². The van der Waals surface area contributed by atoms with Crippen LogP contribution in [0, 0.1) is 0 Å². The molecule has 0 radical (unpaired) electrons. The van der Waals surface area contributed by atoms with Gasteiger partial charge in [-0.25, -0.2) is 4.79 Å². The zero-order valence-electron chi connectivity index (χ0n) is 17.4. The van der Waals surface area contributed by atoms with Gasteiger partial charge in [-0.05, 0) is 60.2 Å². The van der Waals surface area contributed by atoms with E-state index in [1.165, 1.54) is 6.07 Å². The van der Waals surface area contributed by atoms with E-state index in [1.54, 1.807) is 24.1 Å². The fourth-order valence-electron chi connectivity index (χ4n) is 3.92. The summed E-state index contributed by atoms with van der Waals surface area (Å²) in [7, 11) is 1.64. The SMILES string of the molecule is COc1ccc2c(c1)CCCN2C(=O)COc1ccc2c(C(C)C)cc(=O)oc2c1. The Hall–Kier alpha value is -3.28. The van der Waals surface area contributed by atoms with E-state index >= 15 is 0 Å². The Morgan fingerprint density at radius 3 is 2.70 bits per heavy atom. The van der Waals surface area contributed by atoms with Gasteiger partial charge in [0.05, 0.1) is 7.11 Å². The molecule has 2 heterocycles. The number of aryl methyl sites for hydroxylation is 1. The number of carbonyl (C=O) groups excluding carboxylic acids is 1. The molecule has 30 heavy (non-hydrogen) atoms. The minimum absolute atomic E-state index is 0.0922. The molecule has 0 N–H and O–H groups in total. The first kappa shape index (κ1) is 20.0. The highest BCUT2D eigenvalue weighted by Gasteiger charge is 2.23. The molecule has 1 amide bonds. The fraction of sp³-hybridized carbons (Fsp3) is 0.333. The number of amides is 1. The summed E-state index contributed by atoms with van der Waals surface area (Å²) < 4.78 is 16.4. The first-order valence-corrected chi connectivity index (χ1v) is 10.1. The van der Waals surface area contributed by atoms with Crippen LogP contribution >= 0.6 is 0 Å². The van der Waals surface area contributed by atoms with Gasteiger partial charge >= 0.3 is 5.63 Å². The standard InChI is InChI=1S/C24H25NO5/c1-15(2)20-13-24(27)30-22-12-18(6-8-19(20)22)29-14-23(26)25-10-4-5-16-11-17(28-3)7-9-21(16)25/h6-9,11-13,15H,4-5,10,14H2,1-3H3. The maximum absolute atomic E-state index is 12.8. The summed E-state index contributed by atoms with van der Waals surface area (Å²) in [6.07, 6.45) is 1.81. The highest BCUT2D eigenvalue weighted by atomic mass is 16.5. The van der Waals surface area contributed by atoms with Gasteiger partial charge < -0.3 is 18.8 Å². The second-order valence-electron chi connectivity index (χ2n) is 7.77. The molecule has 156 valence electrons. The van der Waals surface area contributed by atoms with E-state index in [0.717, 1.165) is 40.8 Å². The zero-order valence-corrected chi connectivity index (χ0v) is 17.4. The van der Waals surface area contributed by atoms with Crippen molar-refractivity contribution in [2.24, 2.45) is 0 Å². The lowest BCUT2D eigenvalue weighted by Crippen LogP contribution is -2.38. The smallest absolute Gasteiger partial charge is 0.336 e. The zero-order chi connectivity index (χ0) is 21.3. The van der Waals surface area contributed by atoms with Crippen LogP contribution in [0.25, 0.3) is 11.0 Å². The minimum atomic E-state index is -0.389. The van der Waals surface area contributed by atoms with Crippen molar-refractivity contribution >= 4 is 22.6 Å². The van der Waals surface area contributed by atoms with Crippen molar-refractivity contribution in [3.8, 4) is 11.5 Å². The van der Waals surface area contributed by atoms with Crippen molar-refractivity contribution in [1.29, 1.82) is 0 Å². The maximum Gasteiger partial charge on any atom is 0.336 e. The average Bonchev–Trinajstić information content (AvgIpc) is 2.75. The van der Waals surface area contributed by atoms with Crippen molar-refractivity contribution in [3.05, 3.63) is 64.0 Å². The molecule has 0 atom stereocenters. The molecule has 0 aliphatic carbocycles. The molecule has 0 saturated carbocycles. The molecular formula is C24H25NO5. The molecule has 6 heteroatoms. The Balaban J connectivity index is 1.52. The molecule has 1 aliphatic heterocycles. The van der Waals surface area contributed by atoms with E-state index in [9.17, 15) is 9.59 Å². The van der Waals surface area contributed by atoms with E-state index < -0.39 is 0 Å². The van der Waals surface area contributed by atoms with Gasteiger partial charge in [0.15, 0.2) is 6.61 Å². The van der Waals surface area contributed by atoms with Crippen LogP contribution in [0.1, 0.15) is 37.3 Å². The van der Waals surface area contributed by atoms with E-state index in [4.69, 9.17) is 13.9 Å². The van der Waals surface area contributed by atoms with Gasteiger partial charge in [0.1, 0.15) is 17.1 Å². The van der Waals surface area contributed by atoms with Gasteiger partial charge in [0.25, 0.3) is 5.91 Å². The molecule has 3 aromatic rings. The molecule has 2 aromatic carbocycles. The van der Waals surface area contributed by atoms with E-state index in [-0.39, 0.29) is 24.1 Å². The molecular weight excluding hydrogens is 382 g/mol. The van der Waals surface area contributed by atoms with Gasteiger partial charge in [0, 0.05) is 29.8 Å². The number of fused-ring (bicyclic) bond motifs is 2. The summed E-state index contributed by atoms with van der Waals surface area (Å²) in [5.41, 5.74) is 3.01. The number of rotatable bonds is 5. The third-order valence-electron chi connectivity index (χ3n) is 5.44. The molecule has 0 fully saturated rings. The lowest BCUT2D eigenvalue weighted by atomic mass is 10.00. The Kier molecular flexibility index (Phi) is 5.48. The molecule has 0 unspecified atom stereocenters. The average molecular weight is 407 g/mol. The summed E-state index contributed by atoms with van der Waals surface area (Å²) in [5.74, 6) is 1.37. The van der Waals surface area contributed by atoms with Crippen LogP contribution in [0.15, 0.2) is 51.7 Å². The first-order chi connectivity index (χ1) is 14.5. The lowest BCUT2D eigenvalue weighted by molar-refractivity contribution is -0.120. The van der Waals surface area contributed by atoms with Crippen molar-refractivity contribution < 1.29 is 18.7 Å². The van der Waals surface area contributed by atoms with Crippen LogP contribution < -0.4 is 20.0 Å². The topological polar surface area (TPSA) is 69.0 Å². The molecule has 1 aliphatic rings. The first-order valence-electron chi connectivity index (χ1n) is 10.1. The van der Waals surface area contributed by atoms with Crippen molar-refractivity contribution in [2.75, 3.05) is 25.2 Å². The van der Waals surface area contributed by atoms with Crippen LogP contribution in [0.4, 0.5) is 5.69 Å². The molecule has 1 aromatic heterocycles. The molecule has 6 nitrogen and oxygen atoms in total. The molecule has 4 rings (SSSR count). The number of hydrogen-bond donors (Lipinski definition) is 0. The van der Waals surface area contributed by atoms with E-state index in [0.29, 0.717) is 17.9 Å². The number of methoxy groups -OCH3 is 1. The van der Waals surface area contributed by atoms with Crippen molar-refractivity contribution in [2.45, 2.75) is 32.6 Å².